The lowest BCUT2D eigenvalue weighted by atomic mass is 9.67. The van der Waals surface area contributed by atoms with E-state index in [2.05, 4.69) is 5.32 Å². The molecule has 2 atom stereocenters. The summed E-state index contributed by atoms with van der Waals surface area (Å²) in [6.07, 6.45) is 10.1. The Morgan fingerprint density at radius 1 is 0.950 bits per heavy atom. The van der Waals surface area contributed by atoms with Crippen LogP contribution in [0.25, 0.3) is 0 Å². The Hall–Kier alpha value is -0.860. The maximum absolute atomic E-state index is 12.6. The molecule has 0 spiro atoms. The third kappa shape index (κ3) is 2.40. The minimum absolute atomic E-state index is 0.114. The minimum atomic E-state index is 0.114. The number of hydrogen-bond acceptors (Lipinski definition) is 2. The summed E-state index contributed by atoms with van der Waals surface area (Å²) < 4.78 is 0. The van der Waals surface area contributed by atoms with Gasteiger partial charge in [-0.25, -0.2) is 0 Å². The van der Waals surface area contributed by atoms with Gasteiger partial charge in [0.25, 0.3) is 0 Å². The maximum Gasteiger partial charge on any atom is 0.223 e. The number of fused-ring (bicyclic) bond motifs is 2. The van der Waals surface area contributed by atoms with Crippen molar-refractivity contribution in [3.63, 3.8) is 0 Å². The molecule has 20 heavy (non-hydrogen) atoms. The highest BCUT2D eigenvalue weighted by molar-refractivity contribution is 5.88. The van der Waals surface area contributed by atoms with Gasteiger partial charge in [-0.15, -0.1) is 0 Å². The van der Waals surface area contributed by atoms with E-state index in [4.69, 9.17) is 0 Å². The molecule has 1 N–H and O–H groups in total. The Morgan fingerprint density at radius 3 is 2.00 bits per heavy atom. The van der Waals surface area contributed by atoms with E-state index >= 15 is 0 Å². The minimum Gasteiger partial charge on any atom is -0.353 e. The van der Waals surface area contributed by atoms with Crippen molar-refractivity contribution in [2.75, 3.05) is 0 Å². The zero-order chi connectivity index (χ0) is 13.7. The van der Waals surface area contributed by atoms with E-state index < -0.39 is 0 Å². The van der Waals surface area contributed by atoms with Crippen molar-refractivity contribution >= 4 is 11.7 Å². The number of carbonyl (C=O) groups excluding carboxylic acids is 2. The summed E-state index contributed by atoms with van der Waals surface area (Å²) in [5, 5.41) is 3.36. The van der Waals surface area contributed by atoms with Crippen molar-refractivity contribution < 1.29 is 9.59 Å². The lowest BCUT2D eigenvalue weighted by Crippen LogP contribution is -2.46. The lowest BCUT2D eigenvalue weighted by Gasteiger charge is -2.37. The van der Waals surface area contributed by atoms with E-state index in [9.17, 15) is 9.59 Å². The van der Waals surface area contributed by atoms with Crippen molar-refractivity contribution in [1.29, 1.82) is 0 Å². The van der Waals surface area contributed by atoms with E-state index in [1.807, 2.05) is 0 Å². The van der Waals surface area contributed by atoms with Gasteiger partial charge in [0.15, 0.2) is 0 Å². The smallest absolute Gasteiger partial charge is 0.223 e. The van der Waals surface area contributed by atoms with Gasteiger partial charge in [0.05, 0.1) is 0 Å². The van der Waals surface area contributed by atoms with E-state index in [0.29, 0.717) is 11.8 Å². The topological polar surface area (TPSA) is 46.2 Å². The Kier molecular flexibility index (Phi) is 3.12. The predicted molar refractivity (Wildman–Crippen MR) is 75.9 cm³/mol. The molecular weight excluding hydrogens is 250 g/mol. The highest BCUT2D eigenvalue weighted by Gasteiger charge is 2.45. The Bertz CT molecular complexity index is 397. The van der Waals surface area contributed by atoms with Gasteiger partial charge in [-0.1, -0.05) is 6.42 Å². The normalized spacial score (nSPS) is 37.0. The first-order valence-electron chi connectivity index (χ1n) is 8.56. The monoisotopic (exact) mass is 275 g/mol. The van der Waals surface area contributed by atoms with Gasteiger partial charge in [0, 0.05) is 23.8 Å². The second kappa shape index (κ2) is 4.85. The highest BCUT2D eigenvalue weighted by Crippen LogP contribution is 2.45. The van der Waals surface area contributed by atoms with Crippen molar-refractivity contribution in [2.24, 2.45) is 29.6 Å². The molecule has 4 aliphatic rings. The van der Waals surface area contributed by atoms with Crippen molar-refractivity contribution in [2.45, 2.75) is 63.8 Å². The van der Waals surface area contributed by atoms with Gasteiger partial charge in [-0.05, 0) is 63.2 Å². The van der Waals surface area contributed by atoms with E-state index in [1.165, 1.54) is 32.1 Å². The largest absolute Gasteiger partial charge is 0.353 e. The summed E-state index contributed by atoms with van der Waals surface area (Å²) in [5.41, 5.74) is 0. The van der Waals surface area contributed by atoms with Crippen LogP contribution in [0.5, 0.6) is 0 Å². The van der Waals surface area contributed by atoms with Crippen molar-refractivity contribution in [1.82, 2.24) is 5.32 Å². The van der Waals surface area contributed by atoms with E-state index in [0.717, 1.165) is 37.5 Å². The maximum atomic E-state index is 12.6. The molecule has 0 aromatic carbocycles. The van der Waals surface area contributed by atoms with Crippen LogP contribution < -0.4 is 5.32 Å². The van der Waals surface area contributed by atoms with Gasteiger partial charge in [0.2, 0.25) is 5.91 Å². The molecule has 0 saturated heterocycles. The first-order valence-corrected chi connectivity index (χ1v) is 8.56. The third-order valence-electron chi connectivity index (χ3n) is 5.99. The molecule has 110 valence electrons. The summed E-state index contributed by atoms with van der Waals surface area (Å²) in [6.45, 7) is 0. The average Bonchev–Trinajstić information content (AvgIpc) is 3.26. The average molecular weight is 275 g/mol. The molecule has 2 bridgehead atoms. The number of ketones is 1. The number of hydrogen-bond donors (Lipinski definition) is 1. The number of Topliss-reactive ketones (excluding diaryl/α,β-unsaturated/α-hetero) is 1. The summed E-state index contributed by atoms with van der Waals surface area (Å²) in [6, 6.07) is 0.458. The van der Waals surface area contributed by atoms with Gasteiger partial charge in [-0.2, -0.15) is 0 Å². The molecule has 4 aliphatic carbocycles. The molecule has 0 radical (unpaired) electrons. The molecule has 0 aliphatic heterocycles. The molecule has 0 aromatic heterocycles. The fourth-order valence-electron chi connectivity index (χ4n) is 4.51. The van der Waals surface area contributed by atoms with Gasteiger partial charge in [0.1, 0.15) is 5.78 Å². The molecule has 0 aromatic rings. The Labute approximate surface area is 120 Å². The zero-order valence-corrected chi connectivity index (χ0v) is 12.1. The fourth-order valence-corrected chi connectivity index (χ4v) is 4.51. The van der Waals surface area contributed by atoms with Crippen LogP contribution in [0, 0.1) is 29.6 Å². The van der Waals surface area contributed by atoms with Gasteiger partial charge < -0.3 is 5.32 Å². The number of carbonyl (C=O) groups is 2. The highest BCUT2D eigenvalue weighted by atomic mass is 16.2. The summed E-state index contributed by atoms with van der Waals surface area (Å²) in [5.74, 6) is 2.74. The van der Waals surface area contributed by atoms with Crippen LogP contribution in [0.1, 0.15) is 57.8 Å². The molecular formula is C17H25NO2. The van der Waals surface area contributed by atoms with Crippen LogP contribution in [0.2, 0.25) is 0 Å². The van der Waals surface area contributed by atoms with Gasteiger partial charge >= 0.3 is 0 Å². The molecule has 4 rings (SSSR count). The van der Waals surface area contributed by atoms with Crippen LogP contribution in [-0.2, 0) is 9.59 Å². The van der Waals surface area contributed by atoms with Crippen molar-refractivity contribution in [3.05, 3.63) is 0 Å². The SMILES string of the molecule is O=C(NC(C1CC1)C1CC1)C1CC2CCCC(C1)C2=O. The van der Waals surface area contributed by atoms with Crippen LogP contribution in [0.15, 0.2) is 0 Å². The van der Waals surface area contributed by atoms with E-state index in [1.54, 1.807) is 0 Å². The number of amides is 1. The van der Waals surface area contributed by atoms with Crippen LogP contribution >= 0.6 is 0 Å². The molecule has 4 fully saturated rings. The Morgan fingerprint density at radius 2 is 1.50 bits per heavy atom. The molecule has 3 heteroatoms. The quantitative estimate of drug-likeness (QED) is 0.857. The molecule has 4 saturated carbocycles. The first kappa shape index (κ1) is 12.8. The second-order valence-electron chi connectivity index (χ2n) is 7.60. The van der Waals surface area contributed by atoms with Crippen LogP contribution in [-0.4, -0.2) is 17.7 Å². The van der Waals surface area contributed by atoms with Crippen molar-refractivity contribution in [3.8, 4) is 0 Å². The summed E-state index contributed by atoms with van der Waals surface area (Å²) in [4.78, 5) is 24.7. The first-order chi connectivity index (χ1) is 9.72. The molecule has 1 amide bonds. The molecule has 3 nitrogen and oxygen atoms in total. The zero-order valence-electron chi connectivity index (χ0n) is 12.1. The van der Waals surface area contributed by atoms with Crippen LogP contribution in [0.4, 0.5) is 0 Å². The third-order valence-corrected chi connectivity index (χ3v) is 5.99. The van der Waals surface area contributed by atoms with E-state index in [-0.39, 0.29) is 23.7 Å². The molecule has 0 heterocycles. The van der Waals surface area contributed by atoms with Gasteiger partial charge in [-0.3, -0.25) is 9.59 Å². The second-order valence-corrected chi connectivity index (χ2v) is 7.60. The number of rotatable bonds is 4. The predicted octanol–water partition coefficient (Wildman–Crippen LogP) is 2.69. The number of nitrogens with one attached hydrogen (secondary N) is 1. The standard InChI is InChI=1S/C17H25NO2/c19-16-12-2-1-3-13(16)9-14(8-12)17(20)18-15(10-4-5-10)11-6-7-11/h10-15H,1-9H2,(H,18,20). The summed E-state index contributed by atoms with van der Waals surface area (Å²) in [7, 11) is 0. The van der Waals surface area contributed by atoms with Crippen LogP contribution in [0.3, 0.4) is 0 Å². The molecule has 2 unspecified atom stereocenters. The Balaban J connectivity index is 1.39. The fraction of sp³-hybridized carbons (Fsp3) is 0.882. The lowest BCUT2D eigenvalue weighted by molar-refractivity contribution is -0.138. The summed E-state index contributed by atoms with van der Waals surface area (Å²) >= 11 is 0.